The summed E-state index contributed by atoms with van der Waals surface area (Å²) < 4.78 is 5.73. The molecular formula is C18H24N2O2. The normalized spacial score (nSPS) is 10.6. The van der Waals surface area contributed by atoms with Crippen molar-refractivity contribution in [3.8, 4) is 11.3 Å². The van der Waals surface area contributed by atoms with Crippen LogP contribution in [0.25, 0.3) is 11.3 Å². The Morgan fingerprint density at radius 2 is 2.00 bits per heavy atom. The average molecular weight is 300 g/mol. The Morgan fingerprint density at radius 1 is 1.23 bits per heavy atom. The van der Waals surface area contributed by atoms with E-state index in [4.69, 9.17) is 4.42 Å². The molecule has 0 N–H and O–H groups in total. The standard InChI is InChI=1S/C18H24N2O2/c1-3-5-13-20(4-2)18(21)12-11-17-19-14-16(22-17)15-9-7-6-8-10-15/h6-10,14H,3-5,11-13H2,1-2H3. The van der Waals surface area contributed by atoms with Gasteiger partial charge in [0, 0.05) is 31.5 Å². The van der Waals surface area contributed by atoms with Crippen molar-refractivity contribution in [2.24, 2.45) is 0 Å². The van der Waals surface area contributed by atoms with E-state index in [1.807, 2.05) is 42.2 Å². The van der Waals surface area contributed by atoms with E-state index in [0.717, 1.165) is 37.3 Å². The second kappa shape index (κ2) is 8.37. The van der Waals surface area contributed by atoms with Crippen LogP contribution in [0.15, 0.2) is 40.9 Å². The summed E-state index contributed by atoms with van der Waals surface area (Å²) in [6.45, 7) is 5.76. The van der Waals surface area contributed by atoms with Gasteiger partial charge in [-0.15, -0.1) is 0 Å². The lowest BCUT2D eigenvalue weighted by Crippen LogP contribution is -2.31. The second-order valence-electron chi connectivity index (χ2n) is 5.31. The molecule has 0 spiro atoms. The predicted molar refractivity (Wildman–Crippen MR) is 87.4 cm³/mol. The quantitative estimate of drug-likeness (QED) is 0.742. The van der Waals surface area contributed by atoms with Gasteiger partial charge in [0.2, 0.25) is 5.91 Å². The summed E-state index contributed by atoms with van der Waals surface area (Å²) in [5.74, 6) is 1.55. The molecule has 0 aliphatic heterocycles. The van der Waals surface area contributed by atoms with Crippen molar-refractivity contribution in [1.82, 2.24) is 9.88 Å². The molecule has 1 aromatic heterocycles. The summed E-state index contributed by atoms with van der Waals surface area (Å²) in [5.41, 5.74) is 1.01. The Hall–Kier alpha value is -2.10. The van der Waals surface area contributed by atoms with E-state index in [1.165, 1.54) is 0 Å². The summed E-state index contributed by atoms with van der Waals surface area (Å²) in [6.07, 6.45) is 4.88. The average Bonchev–Trinajstić information content (AvgIpc) is 3.03. The van der Waals surface area contributed by atoms with Crippen LogP contribution in [0, 0.1) is 0 Å². The van der Waals surface area contributed by atoms with Crippen LogP contribution in [-0.4, -0.2) is 28.9 Å². The van der Waals surface area contributed by atoms with Crippen LogP contribution in [-0.2, 0) is 11.2 Å². The number of oxazole rings is 1. The van der Waals surface area contributed by atoms with Gasteiger partial charge >= 0.3 is 0 Å². The monoisotopic (exact) mass is 300 g/mol. The topological polar surface area (TPSA) is 46.3 Å². The Morgan fingerprint density at radius 3 is 2.68 bits per heavy atom. The van der Waals surface area contributed by atoms with Gasteiger partial charge in [0.05, 0.1) is 6.20 Å². The molecule has 0 aliphatic carbocycles. The highest BCUT2D eigenvalue weighted by atomic mass is 16.4. The van der Waals surface area contributed by atoms with E-state index in [1.54, 1.807) is 6.20 Å². The van der Waals surface area contributed by atoms with Gasteiger partial charge in [-0.1, -0.05) is 43.7 Å². The third kappa shape index (κ3) is 4.45. The fourth-order valence-electron chi connectivity index (χ4n) is 2.34. The maximum atomic E-state index is 12.2. The molecule has 118 valence electrons. The summed E-state index contributed by atoms with van der Waals surface area (Å²) in [4.78, 5) is 18.4. The highest BCUT2D eigenvalue weighted by molar-refractivity contribution is 5.76. The van der Waals surface area contributed by atoms with Crippen molar-refractivity contribution >= 4 is 5.91 Å². The Kier molecular flexibility index (Phi) is 6.19. The van der Waals surface area contributed by atoms with Crippen molar-refractivity contribution in [2.45, 2.75) is 39.5 Å². The Bertz CT molecular complexity index is 578. The molecule has 1 heterocycles. The lowest BCUT2D eigenvalue weighted by Gasteiger charge is -2.20. The van der Waals surface area contributed by atoms with Crippen LogP contribution >= 0.6 is 0 Å². The van der Waals surface area contributed by atoms with Crippen molar-refractivity contribution < 1.29 is 9.21 Å². The molecule has 4 nitrogen and oxygen atoms in total. The fourth-order valence-corrected chi connectivity index (χ4v) is 2.34. The third-order valence-electron chi connectivity index (χ3n) is 3.68. The van der Waals surface area contributed by atoms with Crippen LogP contribution in [0.5, 0.6) is 0 Å². The molecule has 2 rings (SSSR count). The molecule has 0 saturated carbocycles. The van der Waals surface area contributed by atoms with E-state index < -0.39 is 0 Å². The zero-order valence-electron chi connectivity index (χ0n) is 13.4. The lowest BCUT2D eigenvalue weighted by molar-refractivity contribution is -0.131. The first-order valence-electron chi connectivity index (χ1n) is 8.02. The summed E-state index contributed by atoms with van der Waals surface area (Å²) in [6, 6.07) is 9.87. The van der Waals surface area contributed by atoms with Crippen molar-refractivity contribution in [3.63, 3.8) is 0 Å². The molecule has 0 bridgehead atoms. The number of amides is 1. The van der Waals surface area contributed by atoms with E-state index in [-0.39, 0.29) is 5.91 Å². The number of unbranched alkanes of at least 4 members (excludes halogenated alkanes) is 1. The number of aromatic nitrogens is 1. The second-order valence-corrected chi connectivity index (χ2v) is 5.31. The highest BCUT2D eigenvalue weighted by Gasteiger charge is 2.13. The minimum atomic E-state index is 0.176. The smallest absolute Gasteiger partial charge is 0.223 e. The number of aryl methyl sites for hydroxylation is 1. The van der Waals surface area contributed by atoms with Gasteiger partial charge in [0.25, 0.3) is 0 Å². The number of benzene rings is 1. The van der Waals surface area contributed by atoms with Gasteiger partial charge in [0.1, 0.15) is 0 Å². The van der Waals surface area contributed by atoms with Crippen LogP contribution in [0.4, 0.5) is 0 Å². The van der Waals surface area contributed by atoms with E-state index in [9.17, 15) is 4.79 Å². The highest BCUT2D eigenvalue weighted by Crippen LogP contribution is 2.20. The van der Waals surface area contributed by atoms with Crippen LogP contribution in [0.2, 0.25) is 0 Å². The maximum Gasteiger partial charge on any atom is 0.223 e. The largest absolute Gasteiger partial charge is 0.441 e. The number of carbonyl (C=O) groups is 1. The lowest BCUT2D eigenvalue weighted by atomic mass is 10.2. The van der Waals surface area contributed by atoms with Crippen molar-refractivity contribution in [3.05, 3.63) is 42.4 Å². The number of carbonyl (C=O) groups excluding carboxylic acids is 1. The zero-order valence-corrected chi connectivity index (χ0v) is 13.4. The number of hydrogen-bond donors (Lipinski definition) is 0. The maximum absolute atomic E-state index is 12.2. The van der Waals surface area contributed by atoms with E-state index in [2.05, 4.69) is 11.9 Å². The van der Waals surface area contributed by atoms with Crippen LogP contribution in [0.1, 0.15) is 39.0 Å². The molecule has 1 aromatic carbocycles. The zero-order chi connectivity index (χ0) is 15.8. The summed E-state index contributed by atoms with van der Waals surface area (Å²) in [7, 11) is 0. The van der Waals surface area contributed by atoms with Crippen LogP contribution < -0.4 is 0 Å². The summed E-state index contributed by atoms with van der Waals surface area (Å²) >= 11 is 0. The molecular weight excluding hydrogens is 276 g/mol. The Labute approximate surface area is 132 Å². The number of rotatable bonds is 8. The minimum absolute atomic E-state index is 0.176. The molecule has 0 fully saturated rings. The van der Waals surface area contributed by atoms with Crippen molar-refractivity contribution in [2.75, 3.05) is 13.1 Å². The van der Waals surface area contributed by atoms with Gasteiger partial charge in [-0.25, -0.2) is 4.98 Å². The molecule has 4 heteroatoms. The van der Waals surface area contributed by atoms with Gasteiger partial charge in [-0.2, -0.15) is 0 Å². The predicted octanol–water partition coefficient (Wildman–Crippen LogP) is 3.92. The molecule has 1 amide bonds. The first-order chi connectivity index (χ1) is 10.7. The Balaban J connectivity index is 1.89. The minimum Gasteiger partial charge on any atom is -0.441 e. The van der Waals surface area contributed by atoms with Gasteiger partial charge in [0.15, 0.2) is 11.7 Å². The van der Waals surface area contributed by atoms with Crippen LogP contribution in [0.3, 0.4) is 0 Å². The third-order valence-corrected chi connectivity index (χ3v) is 3.68. The fraction of sp³-hybridized carbons (Fsp3) is 0.444. The molecule has 22 heavy (non-hydrogen) atoms. The first kappa shape index (κ1) is 16.3. The first-order valence-corrected chi connectivity index (χ1v) is 8.02. The molecule has 0 radical (unpaired) electrons. The molecule has 0 unspecified atom stereocenters. The number of hydrogen-bond acceptors (Lipinski definition) is 3. The number of nitrogens with zero attached hydrogens (tertiary/aromatic N) is 2. The SMILES string of the molecule is CCCCN(CC)C(=O)CCc1ncc(-c2ccccc2)o1. The molecule has 0 aliphatic rings. The van der Waals surface area contributed by atoms with Crippen molar-refractivity contribution in [1.29, 1.82) is 0 Å². The molecule has 0 atom stereocenters. The van der Waals surface area contributed by atoms with Gasteiger partial charge in [-0.3, -0.25) is 4.79 Å². The van der Waals surface area contributed by atoms with Gasteiger partial charge < -0.3 is 9.32 Å². The van der Waals surface area contributed by atoms with E-state index in [0.29, 0.717) is 18.7 Å². The molecule has 2 aromatic rings. The van der Waals surface area contributed by atoms with Gasteiger partial charge in [-0.05, 0) is 13.3 Å². The summed E-state index contributed by atoms with van der Waals surface area (Å²) in [5, 5.41) is 0. The molecule has 0 saturated heterocycles. The van der Waals surface area contributed by atoms with E-state index >= 15 is 0 Å².